The van der Waals surface area contributed by atoms with Crippen molar-refractivity contribution in [2.24, 2.45) is 17.8 Å². The van der Waals surface area contributed by atoms with Gasteiger partial charge in [0.25, 0.3) is 0 Å². The van der Waals surface area contributed by atoms with Crippen molar-refractivity contribution in [1.82, 2.24) is 0 Å². The smallest absolute Gasteiger partial charge is 0.0575 e. The molecule has 0 unspecified atom stereocenters. The Balaban J connectivity index is 1.48. The quantitative estimate of drug-likeness (QED) is 0.252. The van der Waals surface area contributed by atoms with Crippen LogP contribution in [0.4, 0.5) is 0 Å². The summed E-state index contributed by atoms with van der Waals surface area (Å²) in [6, 6.07) is 0. The molecule has 26 heavy (non-hydrogen) atoms. The van der Waals surface area contributed by atoms with Crippen LogP contribution in [0.15, 0.2) is 12.2 Å². The normalized spacial score (nSPS) is 30.1. The van der Waals surface area contributed by atoms with E-state index in [2.05, 4.69) is 26.0 Å². The van der Waals surface area contributed by atoms with Crippen LogP contribution >= 0.6 is 0 Å². The first-order valence-corrected chi connectivity index (χ1v) is 12.1. The van der Waals surface area contributed by atoms with Gasteiger partial charge >= 0.3 is 0 Å². The molecule has 0 bridgehead atoms. The van der Waals surface area contributed by atoms with E-state index in [4.69, 9.17) is 4.74 Å². The van der Waals surface area contributed by atoms with Crippen LogP contribution in [-0.2, 0) is 4.74 Å². The Morgan fingerprint density at radius 1 is 0.692 bits per heavy atom. The molecule has 0 N–H and O–H groups in total. The molecule has 0 saturated heterocycles. The Hall–Kier alpha value is -0.300. The molecule has 0 heterocycles. The lowest BCUT2D eigenvalue weighted by Crippen LogP contribution is -2.23. The zero-order chi connectivity index (χ0) is 18.5. The highest BCUT2D eigenvalue weighted by Gasteiger charge is 2.24. The summed E-state index contributed by atoms with van der Waals surface area (Å²) in [5.74, 6) is 3.07. The second-order valence-electron chi connectivity index (χ2n) is 9.14. The van der Waals surface area contributed by atoms with E-state index >= 15 is 0 Å². The molecular weight excluding hydrogens is 316 g/mol. The summed E-state index contributed by atoms with van der Waals surface area (Å²) in [5, 5.41) is 0. The third-order valence-corrected chi connectivity index (χ3v) is 6.99. The van der Waals surface area contributed by atoms with Crippen LogP contribution in [0.2, 0.25) is 0 Å². The highest BCUT2D eigenvalue weighted by molar-refractivity contribution is 4.82. The van der Waals surface area contributed by atoms with Gasteiger partial charge in [-0.1, -0.05) is 77.4 Å². The number of allylic oxidation sites excluding steroid dienone is 2. The molecule has 2 fully saturated rings. The molecule has 2 saturated carbocycles. The van der Waals surface area contributed by atoms with E-state index < -0.39 is 0 Å². The maximum Gasteiger partial charge on any atom is 0.0575 e. The van der Waals surface area contributed by atoms with Crippen molar-refractivity contribution >= 4 is 0 Å². The zero-order valence-electron chi connectivity index (χ0n) is 17.9. The average molecular weight is 363 g/mol. The molecule has 0 atom stereocenters. The van der Waals surface area contributed by atoms with Crippen molar-refractivity contribution < 1.29 is 4.74 Å². The lowest BCUT2D eigenvalue weighted by atomic mass is 9.76. The molecule has 0 spiro atoms. The van der Waals surface area contributed by atoms with E-state index in [0.717, 1.165) is 24.4 Å². The standard InChI is InChI=1S/C25H46O/c1-3-5-7-8-10-22-11-13-23(14-12-22)15-16-24-17-19-25(20-18-24)26-21-9-6-4-2/h5,7,22-25H,3-4,6,8-21H2,1-2H3/b7-5+. The Morgan fingerprint density at radius 2 is 1.27 bits per heavy atom. The fourth-order valence-electron chi connectivity index (χ4n) is 5.09. The molecule has 2 aliphatic rings. The number of unbranched alkanes of at least 4 members (excludes halogenated alkanes) is 2. The fraction of sp³-hybridized carbons (Fsp3) is 0.920. The highest BCUT2D eigenvalue weighted by atomic mass is 16.5. The van der Waals surface area contributed by atoms with Gasteiger partial charge in [0, 0.05) is 6.61 Å². The minimum absolute atomic E-state index is 0.584. The molecule has 2 rings (SSSR count). The van der Waals surface area contributed by atoms with Crippen molar-refractivity contribution in [3.05, 3.63) is 12.2 Å². The van der Waals surface area contributed by atoms with Crippen molar-refractivity contribution in [2.45, 2.75) is 123 Å². The number of rotatable bonds is 12. The molecule has 0 aliphatic heterocycles. The monoisotopic (exact) mass is 362 g/mol. The molecule has 152 valence electrons. The first kappa shape index (κ1) is 22.0. The molecule has 0 aromatic carbocycles. The van der Waals surface area contributed by atoms with Gasteiger partial charge in [-0.2, -0.15) is 0 Å². The molecule has 0 radical (unpaired) electrons. The molecular formula is C25H46O. The Bertz CT molecular complexity index is 345. The molecule has 1 heteroatoms. The molecule has 0 amide bonds. The third-order valence-electron chi connectivity index (χ3n) is 6.99. The Labute approximate surface area is 164 Å². The van der Waals surface area contributed by atoms with Gasteiger partial charge in [0.15, 0.2) is 0 Å². The van der Waals surface area contributed by atoms with Gasteiger partial charge in [-0.15, -0.1) is 0 Å². The van der Waals surface area contributed by atoms with Gasteiger partial charge in [0.2, 0.25) is 0 Å². The van der Waals surface area contributed by atoms with Crippen molar-refractivity contribution in [1.29, 1.82) is 0 Å². The maximum atomic E-state index is 6.08. The van der Waals surface area contributed by atoms with Gasteiger partial charge in [-0.25, -0.2) is 0 Å². The summed E-state index contributed by atoms with van der Waals surface area (Å²) in [5.41, 5.74) is 0. The van der Waals surface area contributed by atoms with Gasteiger partial charge in [-0.3, -0.25) is 0 Å². The van der Waals surface area contributed by atoms with Crippen molar-refractivity contribution in [3.63, 3.8) is 0 Å². The van der Waals surface area contributed by atoms with E-state index in [9.17, 15) is 0 Å². The molecule has 0 aromatic heterocycles. The summed E-state index contributed by atoms with van der Waals surface area (Å²) in [6.07, 6.45) is 27.7. The first-order valence-electron chi connectivity index (χ1n) is 12.1. The van der Waals surface area contributed by atoms with E-state index in [1.165, 1.54) is 103 Å². The van der Waals surface area contributed by atoms with Crippen LogP contribution in [0, 0.1) is 17.8 Å². The van der Waals surface area contributed by atoms with Crippen LogP contribution in [0.1, 0.15) is 117 Å². The summed E-state index contributed by atoms with van der Waals surface area (Å²) >= 11 is 0. The fourth-order valence-corrected chi connectivity index (χ4v) is 5.09. The summed E-state index contributed by atoms with van der Waals surface area (Å²) in [7, 11) is 0. The minimum Gasteiger partial charge on any atom is -0.378 e. The second-order valence-corrected chi connectivity index (χ2v) is 9.14. The van der Waals surface area contributed by atoms with Crippen LogP contribution in [0.5, 0.6) is 0 Å². The van der Waals surface area contributed by atoms with Crippen LogP contribution in [-0.4, -0.2) is 12.7 Å². The van der Waals surface area contributed by atoms with Crippen LogP contribution < -0.4 is 0 Å². The Kier molecular flexibility index (Phi) is 11.7. The summed E-state index contributed by atoms with van der Waals surface area (Å²) < 4.78 is 6.08. The predicted molar refractivity (Wildman–Crippen MR) is 115 cm³/mol. The first-order chi connectivity index (χ1) is 12.8. The summed E-state index contributed by atoms with van der Waals surface area (Å²) in [6.45, 7) is 5.50. The van der Waals surface area contributed by atoms with Gasteiger partial charge < -0.3 is 4.74 Å². The van der Waals surface area contributed by atoms with E-state index in [1.54, 1.807) is 0 Å². The molecule has 0 aromatic rings. The molecule has 1 nitrogen and oxygen atoms in total. The van der Waals surface area contributed by atoms with Gasteiger partial charge in [0.05, 0.1) is 6.10 Å². The van der Waals surface area contributed by atoms with E-state index in [1.807, 2.05) is 0 Å². The SMILES string of the molecule is CC/C=C/CCC1CCC(CCC2CCC(OCCCCC)CC2)CC1. The largest absolute Gasteiger partial charge is 0.378 e. The van der Waals surface area contributed by atoms with Gasteiger partial charge in [-0.05, 0) is 69.1 Å². The van der Waals surface area contributed by atoms with Crippen LogP contribution in [0.25, 0.3) is 0 Å². The lowest BCUT2D eigenvalue weighted by Gasteiger charge is -2.32. The van der Waals surface area contributed by atoms with E-state index in [0.29, 0.717) is 6.10 Å². The topological polar surface area (TPSA) is 9.23 Å². The number of hydrogen-bond acceptors (Lipinski definition) is 1. The maximum absolute atomic E-state index is 6.08. The van der Waals surface area contributed by atoms with E-state index in [-0.39, 0.29) is 0 Å². The number of ether oxygens (including phenoxy) is 1. The second kappa shape index (κ2) is 13.8. The Morgan fingerprint density at radius 3 is 1.85 bits per heavy atom. The number of hydrogen-bond donors (Lipinski definition) is 0. The average Bonchev–Trinajstić information content (AvgIpc) is 2.69. The zero-order valence-corrected chi connectivity index (χ0v) is 17.9. The predicted octanol–water partition coefficient (Wildman–Crippen LogP) is 8.09. The van der Waals surface area contributed by atoms with Crippen molar-refractivity contribution in [2.75, 3.05) is 6.61 Å². The summed E-state index contributed by atoms with van der Waals surface area (Å²) in [4.78, 5) is 0. The van der Waals surface area contributed by atoms with Crippen LogP contribution in [0.3, 0.4) is 0 Å². The lowest BCUT2D eigenvalue weighted by molar-refractivity contribution is 0.0146. The molecule has 2 aliphatic carbocycles. The van der Waals surface area contributed by atoms with Crippen molar-refractivity contribution in [3.8, 4) is 0 Å². The van der Waals surface area contributed by atoms with Gasteiger partial charge in [0.1, 0.15) is 0 Å². The minimum atomic E-state index is 0.584. The highest BCUT2D eigenvalue weighted by Crippen LogP contribution is 2.37. The third kappa shape index (κ3) is 9.07.